The zero-order valence-corrected chi connectivity index (χ0v) is 24.9. The predicted molar refractivity (Wildman–Crippen MR) is 170 cm³/mol. The molecule has 3 aromatic carbocycles. The average molecular weight is 617 g/mol. The molecule has 2 atom stereocenters. The van der Waals surface area contributed by atoms with Crippen LogP contribution in [0.2, 0.25) is 0 Å². The SMILES string of the molecule is NC(=O)[C@H](Cc1ccc(O)cc1)NC(=O)c1ccc2c(c1)[nH]c(=S)n2CCCCN1C(=O)C(Cc2ccccc2)NC1=S. The van der Waals surface area contributed by atoms with Crippen molar-refractivity contribution in [3.8, 4) is 5.75 Å². The van der Waals surface area contributed by atoms with Crippen LogP contribution in [-0.4, -0.2) is 61.0 Å². The van der Waals surface area contributed by atoms with Crippen molar-refractivity contribution < 1.29 is 19.5 Å². The molecular formula is C31H32N6O4S2. The third kappa shape index (κ3) is 7.09. The number of nitrogens with two attached hydrogens (primary N) is 1. The number of fused-ring (bicyclic) bond motifs is 1. The molecular weight excluding hydrogens is 585 g/mol. The summed E-state index contributed by atoms with van der Waals surface area (Å²) in [6.07, 6.45) is 2.27. The first-order valence-electron chi connectivity index (χ1n) is 14.0. The van der Waals surface area contributed by atoms with E-state index in [0.29, 0.717) is 40.5 Å². The van der Waals surface area contributed by atoms with Crippen LogP contribution in [0.5, 0.6) is 5.75 Å². The van der Waals surface area contributed by atoms with E-state index in [1.54, 1.807) is 29.2 Å². The maximum Gasteiger partial charge on any atom is 0.252 e. The van der Waals surface area contributed by atoms with Crippen molar-refractivity contribution in [2.45, 2.75) is 44.3 Å². The van der Waals surface area contributed by atoms with Gasteiger partial charge in [0.25, 0.3) is 11.8 Å². The molecule has 1 aliphatic rings. The molecule has 0 spiro atoms. The second-order valence-electron chi connectivity index (χ2n) is 10.5. The number of imidazole rings is 1. The minimum atomic E-state index is -0.921. The highest BCUT2D eigenvalue weighted by atomic mass is 32.1. The Kier molecular flexibility index (Phi) is 9.17. The van der Waals surface area contributed by atoms with Crippen LogP contribution >= 0.6 is 24.4 Å². The Bertz CT molecular complexity index is 1720. The number of carbonyl (C=O) groups is 3. The summed E-state index contributed by atoms with van der Waals surface area (Å²) in [7, 11) is 0. The number of amides is 3. The molecule has 222 valence electrons. The number of aryl methyl sites for hydroxylation is 1. The molecule has 1 saturated heterocycles. The maximum absolute atomic E-state index is 13.0. The van der Waals surface area contributed by atoms with Gasteiger partial charge in [0.05, 0.1) is 11.0 Å². The van der Waals surface area contributed by atoms with Crippen LogP contribution < -0.4 is 16.4 Å². The lowest BCUT2D eigenvalue weighted by Crippen LogP contribution is -2.45. The molecule has 0 aliphatic carbocycles. The molecule has 6 N–H and O–H groups in total. The number of benzene rings is 3. The number of hydrogen-bond acceptors (Lipinski definition) is 6. The zero-order chi connectivity index (χ0) is 30.5. The number of rotatable bonds is 12. The molecule has 1 unspecified atom stereocenters. The van der Waals surface area contributed by atoms with Gasteiger partial charge in [-0.3, -0.25) is 19.3 Å². The number of unbranched alkanes of at least 4 members (excludes halogenated alkanes) is 1. The fraction of sp³-hybridized carbons (Fsp3) is 0.258. The van der Waals surface area contributed by atoms with Gasteiger partial charge in [-0.25, -0.2) is 0 Å². The average Bonchev–Trinajstić information content (AvgIpc) is 3.45. The topological polar surface area (TPSA) is 145 Å². The third-order valence-corrected chi connectivity index (χ3v) is 8.12. The Morgan fingerprint density at radius 1 is 0.977 bits per heavy atom. The number of nitrogens with zero attached hydrogens (tertiary/aromatic N) is 2. The van der Waals surface area contributed by atoms with E-state index in [2.05, 4.69) is 15.6 Å². The van der Waals surface area contributed by atoms with Crippen LogP contribution in [0.4, 0.5) is 0 Å². The second kappa shape index (κ2) is 13.2. The number of aromatic hydroxyl groups is 1. The molecule has 10 nitrogen and oxygen atoms in total. The molecule has 0 saturated carbocycles. The van der Waals surface area contributed by atoms with Crippen molar-refractivity contribution in [2.75, 3.05) is 6.54 Å². The number of phenols is 1. The van der Waals surface area contributed by atoms with Gasteiger partial charge in [-0.2, -0.15) is 0 Å². The Morgan fingerprint density at radius 3 is 2.42 bits per heavy atom. The smallest absolute Gasteiger partial charge is 0.252 e. The number of aromatic amines is 1. The van der Waals surface area contributed by atoms with Crippen LogP contribution in [0.3, 0.4) is 0 Å². The number of H-pyrrole nitrogens is 1. The Morgan fingerprint density at radius 2 is 1.70 bits per heavy atom. The normalized spacial score (nSPS) is 15.4. The Hall–Kier alpha value is -4.55. The van der Waals surface area contributed by atoms with E-state index in [9.17, 15) is 19.5 Å². The fourth-order valence-corrected chi connectivity index (χ4v) is 5.80. The van der Waals surface area contributed by atoms with Gasteiger partial charge in [0.2, 0.25) is 5.91 Å². The molecule has 0 bridgehead atoms. The first kappa shape index (κ1) is 29.9. The second-order valence-corrected chi connectivity index (χ2v) is 11.3. The van der Waals surface area contributed by atoms with E-state index in [1.807, 2.05) is 41.0 Å². The summed E-state index contributed by atoms with van der Waals surface area (Å²) in [5.41, 5.74) is 9.26. The number of hydrogen-bond donors (Lipinski definition) is 5. The van der Waals surface area contributed by atoms with Crippen molar-refractivity contribution in [1.82, 2.24) is 25.1 Å². The largest absolute Gasteiger partial charge is 0.508 e. The van der Waals surface area contributed by atoms with E-state index in [4.69, 9.17) is 30.2 Å². The van der Waals surface area contributed by atoms with Crippen molar-refractivity contribution in [3.05, 3.63) is 94.3 Å². The molecule has 0 radical (unpaired) electrons. The Balaban J connectivity index is 1.17. The molecule has 5 rings (SSSR count). The van der Waals surface area contributed by atoms with Gasteiger partial charge < -0.3 is 31.0 Å². The quantitative estimate of drug-likeness (QED) is 0.121. The van der Waals surface area contributed by atoms with Crippen molar-refractivity contribution >= 4 is 58.3 Å². The summed E-state index contributed by atoms with van der Waals surface area (Å²) in [6, 6.07) is 20.1. The first-order chi connectivity index (χ1) is 20.7. The van der Waals surface area contributed by atoms with Crippen molar-refractivity contribution in [2.24, 2.45) is 5.73 Å². The van der Waals surface area contributed by atoms with E-state index < -0.39 is 17.9 Å². The number of carbonyl (C=O) groups excluding carboxylic acids is 3. The minimum Gasteiger partial charge on any atom is -0.508 e. The lowest BCUT2D eigenvalue weighted by molar-refractivity contribution is -0.127. The van der Waals surface area contributed by atoms with E-state index in [-0.39, 0.29) is 24.1 Å². The molecule has 1 fully saturated rings. The highest BCUT2D eigenvalue weighted by molar-refractivity contribution is 7.80. The highest BCUT2D eigenvalue weighted by Gasteiger charge is 2.34. The van der Waals surface area contributed by atoms with Gasteiger partial charge in [-0.05, 0) is 78.7 Å². The molecule has 1 aliphatic heterocycles. The van der Waals surface area contributed by atoms with Gasteiger partial charge in [-0.1, -0.05) is 42.5 Å². The molecule has 3 amide bonds. The van der Waals surface area contributed by atoms with E-state index >= 15 is 0 Å². The summed E-state index contributed by atoms with van der Waals surface area (Å²) in [4.78, 5) is 42.8. The Labute approximate surface area is 258 Å². The van der Waals surface area contributed by atoms with Crippen molar-refractivity contribution in [1.29, 1.82) is 0 Å². The van der Waals surface area contributed by atoms with Crippen LogP contribution in [0.15, 0.2) is 72.8 Å². The van der Waals surface area contributed by atoms with Gasteiger partial charge in [-0.15, -0.1) is 0 Å². The number of nitrogens with one attached hydrogen (secondary N) is 3. The summed E-state index contributed by atoms with van der Waals surface area (Å²) in [6.45, 7) is 1.14. The van der Waals surface area contributed by atoms with Crippen LogP contribution in [0.1, 0.15) is 34.3 Å². The summed E-state index contributed by atoms with van der Waals surface area (Å²) >= 11 is 11.0. The molecule has 43 heavy (non-hydrogen) atoms. The lowest BCUT2D eigenvalue weighted by atomic mass is 10.0. The monoisotopic (exact) mass is 616 g/mol. The number of primary amides is 1. The zero-order valence-electron chi connectivity index (χ0n) is 23.3. The van der Waals surface area contributed by atoms with Crippen LogP contribution in [0, 0.1) is 4.77 Å². The standard InChI is InChI=1S/C31H32N6O4S2/c32-27(39)24(16-20-8-11-22(38)12-9-20)33-28(40)21-10-13-26-23(18-21)34-30(42)36(26)14-4-5-15-37-29(41)25(35-31(37)43)17-19-6-2-1-3-7-19/h1-3,6-13,18,24-25,38H,4-5,14-17H2,(H2,32,39)(H,33,40)(H,34,42)(H,35,43)/t24-,25?/m0/s1. The van der Waals surface area contributed by atoms with Gasteiger partial charge in [0.15, 0.2) is 9.88 Å². The van der Waals surface area contributed by atoms with Gasteiger partial charge >= 0.3 is 0 Å². The van der Waals surface area contributed by atoms with Crippen LogP contribution in [-0.2, 0) is 29.0 Å². The van der Waals surface area contributed by atoms with Crippen LogP contribution in [0.25, 0.3) is 11.0 Å². The van der Waals surface area contributed by atoms with E-state index in [1.165, 1.54) is 12.1 Å². The van der Waals surface area contributed by atoms with Gasteiger partial charge in [0, 0.05) is 31.5 Å². The summed E-state index contributed by atoms with van der Waals surface area (Å²) in [5.74, 6) is -1.00. The number of aromatic nitrogens is 2. The predicted octanol–water partition coefficient (Wildman–Crippen LogP) is 3.34. The maximum atomic E-state index is 13.0. The number of thiocarbonyl (C=S) groups is 1. The molecule has 12 heteroatoms. The molecule has 1 aromatic heterocycles. The fourth-order valence-electron chi connectivity index (χ4n) is 5.18. The summed E-state index contributed by atoms with van der Waals surface area (Å²) < 4.78 is 2.48. The minimum absolute atomic E-state index is 0.00925. The highest BCUT2D eigenvalue weighted by Crippen LogP contribution is 2.19. The first-order valence-corrected chi connectivity index (χ1v) is 14.8. The third-order valence-electron chi connectivity index (χ3n) is 7.46. The number of phenolic OH excluding ortho intramolecular Hbond substituents is 1. The van der Waals surface area contributed by atoms with Crippen molar-refractivity contribution in [3.63, 3.8) is 0 Å². The summed E-state index contributed by atoms with van der Waals surface area (Å²) in [5, 5.41) is 15.8. The van der Waals surface area contributed by atoms with Gasteiger partial charge in [0.1, 0.15) is 17.8 Å². The lowest BCUT2D eigenvalue weighted by Gasteiger charge is -2.16. The van der Waals surface area contributed by atoms with E-state index in [0.717, 1.165) is 29.5 Å². The molecule has 4 aromatic rings. The molecule has 2 heterocycles.